The standard InChI is InChI=1S/C14H20N2O2.ClH/c1-10(15)14(17)16-8-12-4-2-3-5-13(12)18-9-11-6-7-11;/h2-5,10-11H,6-9,15H2,1H3,(H,16,17);1H/t10-;/m0./s1. The SMILES string of the molecule is C[C@H](N)C(=O)NCc1ccccc1OCC1CC1.Cl. The van der Waals surface area contributed by atoms with Crippen molar-refractivity contribution in [3.8, 4) is 5.75 Å². The third-order valence-corrected chi connectivity index (χ3v) is 3.01. The van der Waals surface area contributed by atoms with E-state index in [0.29, 0.717) is 6.54 Å². The summed E-state index contributed by atoms with van der Waals surface area (Å²) in [6, 6.07) is 7.31. The van der Waals surface area contributed by atoms with Gasteiger partial charge in [0.2, 0.25) is 5.91 Å². The van der Waals surface area contributed by atoms with Gasteiger partial charge in [0.15, 0.2) is 0 Å². The van der Waals surface area contributed by atoms with Gasteiger partial charge >= 0.3 is 0 Å². The van der Waals surface area contributed by atoms with E-state index in [1.54, 1.807) is 6.92 Å². The summed E-state index contributed by atoms with van der Waals surface area (Å²) in [6.07, 6.45) is 2.53. The minimum Gasteiger partial charge on any atom is -0.493 e. The monoisotopic (exact) mass is 284 g/mol. The molecule has 1 aliphatic carbocycles. The molecule has 1 fully saturated rings. The number of para-hydroxylation sites is 1. The Hall–Kier alpha value is -1.26. The van der Waals surface area contributed by atoms with E-state index in [2.05, 4.69) is 5.32 Å². The van der Waals surface area contributed by atoms with Crippen LogP contribution in [0.15, 0.2) is 24.3 Å². The average Bonchev–Trinajstić information content (AvgIpc) is 3.18. The number of nitrogens with one attached hydrogen (secondary N) is 1. The molecule has 5 heteroatoms. The molecule has 1 amide bonds. The van der Waals surface area contributed by atoms with Gasteiger partial charge in [0.05, 0.1) is 12.6 Å². The Morgan fingerprint density at radius 3 is 2.79 bits per heavy atom. The highest BCUT2D eigenvalue weighted by molar-refractivity contribution is 5.85. The Labute approximate surface area is 120 Å². The zero-order chi connectivity index (χ0) is 13.0. The normalized spacial score (nSPS) is 15.3. The molecule has 0 aromatic heterocycles. The summed E-state index contributed by atoms with van der Waals surface area (Å²) in [5.74, 6) is 1.43. The number of nitrogens with two attached hydrogens (primary N) is 1. The highest BCUT2D eigenvalue weighted by Crippen LogP contribution is 2.30. The second kappa shape index (κ2) is 7.36. The molecule has 3 N–H and O–H groups in total. The third-order valence-electron chi connectivity index (χ3n) is 3.01. The molecule has 0 radical (unpaired) electrons. The van der Waals surface area contributed by atoms with Gasteiger partial charge in [-0.25, -0.2) is 0 Å². The van der Waals surface area contributed by atoms with Gasteiger partial charge in [-0.05, 0) is 31.7 Å². The van der Waals surface area contributed by atoms with Crippen LogP contribution in [-0.2, 0) is 11.3 Å². The molecule has 1 aromatic rings. The van der Waals surface area contributed by atoms with E-state index in [4.69, 9.17) is 10.5 Å². The van der Waals surface area contributed by atoms with Crippen molar-refractivity contribution in [1.29, 1.82) is 0 Å². The van der Waals surface area contributed by atoms with Crippen molar-refractivity contribution in [3.05, 3.63) is 29.8 Å². The molecule has 1 atom stereocenters. The summed E-state index contributed by atoms with van der Waals surface area (Å²) in [7, 11) is 0. The highest BCUT2D eigenvalue weighted by Gasteiger charge is 2.22. The maximum absolute atomic E-state index is 11.4. The van der Waals surface area contributed by atoms with Crippen LogP contribution in [0.25, 0.3) is 0 Å². The van der Waals surface area contributed by atoms with Crippen molar-refractivity contribution in [2.45, 2.75) is 32.4 Å². The van der Waals surface area contributed by atoms with Crippen LogP contribution >= 0.6 is 12.4 Å². The van der Waals surface area contributed by atoms with Gasteiger partial charge in [-0.3, -0.25) is 4.79 Å². The van der Waals surface area contributed by atoms with Crippen LogP contribution in [0.2, 0.25) is 0 Å². The lowest BCUT2D eigenvalue weighted by atomic mass is 10.2. The van der Waals surface area contributed by atoms with Gasteiger partial charge in [0, 0.05) is 12.1 Å². The van der Waals surface area contributed by atoms with Crippen molar-refractivity contribution in [1.82, 2.24) is 5.32 Å². The molecule has 0 unspecified atom stereocenters. The fraction of sp³-hybridized carbons (Fsp3) is 0.500. The predicted octanol–water partition coefficient (Wildman–Crippen LogP) is 1.86. The molecule has 2 rings (SSSR count). The fourth-order valence-corrected chi connectivity index (χ4v) is 1.63. The molecule has 106 valence electrons. The van der Waals surface area contributed by atoms with Crippen LogP contribution in [0, 0.1) is 5.92 Å². The number of carbonyl (C=O) groups excluding carboxylic acids is 1. The van der Waals surface area contributed by atoms with Gasteiger partial charge in [-0.15, -0.1) is 12.4 Å². The topological polar surface area (TPSA) is 64.4 Å². The first-order valence-electron chi connectivity index (χ1n) is 6.41. The molecule has 0 bridgehead atoms. The molecular formula is C14H21ClN2O2. The molecule has 1 saturated carbocycles. The van der Waals surface area contributed by atoms with Crippen molar-refractivity contribution >= 4 is 18.3 Å². The van der Waals surface area contributed by atoms with Crippen molar-refractivity contribution in [3.63, 3.8) is 0 Å². The zero-order valence-electron chi connectivity index (χ0n) is 11.1. The van der Waals surface area contributed by atoms with Gasteiger partial charge in [0.1, 0.15) is 5.75 Å². The van der Waals surface area contributed by atoms with E-state index >= 15 is 0 Å². The largest absolute Gasteiger partial charge is 0.493 e. The first kappa shape index (κ1) is 15.8. The first-order chi connectivity index (χ1) is 8.66. The Bertz CT molecular complexity index is 420. The number of carbonyl (C=O) groups is 1. The van der Waals surface area contributed by atoms with Crippen LogP contribution in [-0.4, -0.2) is 18.6 Å². The smallest absolute Gasteiger partial charge is 0.236 e. The van der Waals surface area contributed by atoms with E-state index in [1.165, 1.54) is 12.8 Å². The molecule has 1 aromatic carbocycles. The predicted molar refractivity (Wildman–Crippen MR) is 77.4 cm³/mol. The quantitative estimate of drug-likeness (QED) is 0.838. The minimum atomic E-state index is -0.482. The van der Waals surface area contributed by atoms with Gasteiger partial charge in [-0.1, -0.05) is 18.2 Å². The fourth-order valence-electron chi connectivity index (χ4n) is 1.63. The Morgan fingerprint density at radius 2 is 2.16 bits per heavy atom. The van der Waals surface area contributed by atoms with Crippen LogP contribution in [0.5, 0.6) is 5.75 Å². The number of benzene rings is 1. The maximum atomic E-state index is 11.4. The van der Waals surface area contributed by atoms with Gasteiger partial charge in [-0.2, -0.15) is 0 Å². The number of hydrogen-bond donors (Lipinski definition) is 2. The van der Waals surface area contributed by atoms with Crippen molar-refractivity contribution in [2.24, 2.45) is 11.7 Å². The van der Waals surface area contributed by atoms with E-state index in [0.717, 1.165) is 23.8 Å². The lowest BCUT2D eigenvalue weighted by Gasteiger charge is -2.12. The summed E-state index contributed by atoms with van der Waals surface area (Å²) in [6.45, 7) is 2.91. The molecule has 1 aliphatic rings. The summed E-state index contributed by atoms with van der Waals surface area (Å²) < 4.78 is 5.77. The first-order valence-corrected chi connectivity index (χ1v) is 6.41. The summed E-state index contributed by atoms with van der Waals surface area (Å²) in [5.41, 5.74) is 6.49. The zero-order valence-corrected chi connectivity index (χ0v) is 11.9. The lowest BCUT2D eigenvalue weighted by Crippen LogP contribution is -2.37. The number of rotatable bonds is 6. The van der Waals surface area contributed by atoms with E-state index in [-0.39, 0.29) is 18.3 Å². The van der Waals surface area contributed by atoms with E-state index in [1.807, 2.05) is 24.3 Å². The molecule has 0 aliphatic heterocycles. The summed E-state index contributed by atoms with van der Waals surface area (Å²) in [5, 5.41) is 2.80. The van der Waals surface area contributed by atoms with Gasteiger partial charge in [0.25, 0.3) is 0 Å². The minimum absolute atomic E-state index is 0. The number of hydrogen-bond acceptors (Lipinski definition) is 3. The molecule has 0 spiro atoms. The average molecular weight is 285 g/mol. The van der Waals surface area contributed by atoms with Crippen LogP contribution in [0.1, 0.15) is 25.3 Å². The summed E-state index contributed by atoms with van der Waals surface area (Å²) >= 11 is 0. The highest BCUT2D eigenvalue weighted by atomic mass is 35.5. The number of ether oxygens (including phenoxy) is 1. The lowest BCUT2D eigenvalue weighted by molar-refractivity contribution is -0.122. The second-order valence-electron chi connectivity index (χ2n) is 4.87. The molecule has 4 nitrogen and oxygen atoms in total. The third kappa shape index (κ3) is 5.09. The Kier molecular flexibility index (Phi) is 6.12. The van der Waals surface area contributed by atoms with Crippen LogP contribution in [0.3, 0.4) is 0 Å². The van der Waals surface area contributed by atoms with Crippen LogP contribution in [0.4, 0.5) is 0 Å². The molecule has 0 saturated heterocycles. The molecular weight excluding hydrogens is 264 g/mol. The van der Waals surface area contributed by atoms with Crippen LogP contribution < -0.4 is 15.8 Å². The Morgan fingerprint density at radius 1 is 1.47 bits per heavy atom. The van der Waals surface area contributed by atoms with Crippen molar-refractivity contribution in [2.75, 3.05) is 6.61 Å². The molecule has 0 heterocycles. The number of halogens is 1. The van der Waals surface area contributed by atoms with E-state index in [9.17, 15) is 4.79 Å². The molecule has 19 heavy (non-hydrogen) atoms. The summed E-state index contributed by atoms with van der Waals surface area (Å²) in [4.78, 5) is 11.4. The van der Waals surface area contributed by atoms with Gasteiger partial charge < -0.3 is 15.8 Å². The maximum Gasteiger partial charge on any atom is 0.236 e. The Balaban J connectivity index is 0.00000180. The van der Waals surface area contributed by atoms with Crippen molar-refractivity contribution < 1.29 is 9.53 Å². The second-order valence-corrected chi connectivity index (χ2v) is 4.87. The number of amides is 1. The van der Waals surface area contributed by atoms with E-state index < -0.39 is 6.04 Å².